The predicted octanol–water partition coefficient (Wildman–Crippen LogP) is 1.99. The van der Waals surface area contributed by atoms with Gasteiger partial charge in [0.05, 0.1) is 0 Å². The Kier molecular flexibility index (Phi) is 4.49. The van der Waals surface area contributed by atoms with Crippen molar-refractivity contribution in [1.29, 1.82) is 0 Å². The fraction of sp³-hybridized carbons (Fsp3) is 1.00. The zero-order valence-electron chi connectivity index (χ0n) is 14.8. The molecule has 4 atom stereocenters. The van der Waals surface area contributed by atoms with Crippen molar-refractivity contribution in [1.82, 2.24) is 9.62 Å². The molecule has 0 radical (unpaired) electrons. The summed E-state index contributed by atoms with van der Waals surface area (Å²) in [4.78, 5) is 5.36. The van der Waals surface area contributed by atoms with E-state index in [1.165, 1.54) is 70.9 Å². The maximum Gasteiger partial charge on any atom is 0.185 e. The van der Waals surface area contributed by atoms with Gasteiger partial charge in [-0.3, -0.25) is 0 Å². The van der Waals surface area contributed by atoms with Crippen molar-refractivity contribution in [3.05, 3.63) is 0 Å². The smallest absolute Gasteiger partial charge is 0.185 e. The van der Waals surface area contributed by atoms with Crippen molar-refractivity contribution in [3.8, 4) is 0 Å². The second kappa shape index (κ2) is 5.92. The van der Waals surface area contributed by atoms with Gasteiger partial charge in [0.15, 0.2) is 16.0 Å². The van der Waals surface area contributed by atoms with E-state index < -0.39 is 0 Å². The number of hydrogen-bond donors (Lipinski definition) is 0. The molecule has 2 aliphatic heterocycles. The number of hydrogen-bond acceptors (Lipinski definition) is 2. The van der Waals surface area contributed by atoms with E-state index in [4.69, 9.17) is 0 Å². The van der Waals surface area contributed by atoms with Crippen molar-refractivity contribution in [2.24, 2.45) is 10.8 Å². The highest BCUT2D eigenvalue weighted by Gasteiger charge is 2.51. The first-order valence-corrected chi connectivity index (χ1v) is 9.35. The van der Waals surface area contributed by atoms with Crippen LogP contribution in [0.1, 0.15) is 71.6 Å². The lowest BCUT2D eigenvalue weighted by atomic mass is 9.69. The molecule has 3 fully saturated rings. The first kappa shape index (κ1) is 15.9. The molecule has 0 aromatic rings. The Morgan fingerprint density at radius 3 is 1.57 bits per heavy atom. The number of piperidine rings is 2. The predicted molar refractivity (Wildman–Crippen MR) is 95.8 cm³/mol. The third kappa shape index (κ3) is 2.95. The Labute approximate surface area is 133 Å². The van der Waals surface area contributed by atoms with E-state index >= 15 is 0 Å². The highest BCUT2D eigenvalue weighted by atomic mass is 15.1. The lowest BCUT2D eigenvalue weighted by Crippen LogP contribution is -2.50. The van der Waals surface area contributed by atoms with Crippen molar-refractivity contribution < 1.29 is 0 Å². The van der Waals surface area contributed by atoms with Crippen molar-refractivity contribution >= 4 is 16.0 Å². The second-order valence-electron chi connectivity index (χ2n) is 8.97. The summed E-state index contributed by atoms with van der Waals surface area (Å²) in [6, 6.07) is 1.67. The Morgan fingerprint density at radius 2 is 1.19 bits per heavy atom. The normalized spacial score (nSPS) is 46.8. The van der Waals surface area contributed by atoms with E-state index in [0.717, 1.165) is 12.1 Å². The highest BCUT2D eigenvalue weighted by Crippen LogP contribution is 2.56. The fourth-order valence-corrected chi connectivity index (χ4v) is 6.15. The molecule has 2 heterocycles. The van der Waals surface area contributed by atoms with E-state index in [-0.39, 0.29) is 0 Å². The average Bonchev–Trinajstić information content (AvgIpc) is 2.77. The summed E-state index contributed by atoms with van der Waals surface area (Å²) in [5.74, 6) is 0. The van der Waals surface area contributed by atoms with Crippen LogP contribution in [-0.4, -0.2) is 50.8 Å². The highest BCUT2D eigenvalue weighted by molar-refractivity contribution is 6.05. The lowest BCUT2D eigenvalue weighted by molar-refractivity contribution is 0.0666. The van der Waals surface area contributed by atoms with Crippen molar-refractivity contribution in [2.75, 3.05) is 13.1 Å². The van der Waals surface area contributed by atoms with Crippen LogP contribution in [0.3, 0.4) is 0 Å². The van der Waals surface area contributed by atoms with Crippen LogP contribution in [0.5, 0.6) is 0 Å². The quantitative estimate of drug-likeness (QED) is 0.717. The summed E-state index contributed by atoms with van der Waals surface area (Å²) in [7, 11) is 4.74. The van der Waals surface area contributed by atoms with Gasteiger partial charge in [-0.25, -0.2) is 0 Å². The van der Waals surface area contributed by atoms with Crippen LogP contribution >= 0.6 is 0 Å². The Morgan fingerprint density at radius 1 is 0.762 bits per heavy atom. The molecule has 0 aromatic heterocycles. The zero-order valence-corrected chi connectivity index (χ0v) is 14.8. The largest absolute Gasteiger partial charge is 0.346 e. The SMILES string of the molecule is BN1CCCCC1C1(C)CCC(C)(C2CCCCN2B)C1. The Hall–Kier alpha value is 0.0499. The van der Waals surface area contributed by atoms with Crippen LogP contribution in [0.2, 0.25) is 0 Å². The van der Waals surface area contributed by atoms with Gasteiger partial charge in [-0.1, -0.05) is 26.7 Å². The summed E-state index contributed by atoms with van der Waals surface area (Å²) in [6.45, 7) is 7.85. The standard InChI is InChI=1S/C17H34B2N2/c1-16(14-7-3-5-11-20(14)18)9-10-17(2,13-16)15-8-4-6-12-21(15)19/h14-15H,3-13,18-19H2,1-2H3. The molecule has 2 saturated heterocycles. The minimum atomic E-state index is 0.558. The van der Waals surface area contributed by atoms with Gasteiger partial charge in [0.2, 0.25) is 0 Å². The molecule has 3 rings (SSSR count). The summed E-state index contributed by atoms with van der Waals surface area (Å²) < 4.78 is 0. The monoisotopic (exact) mass is 288 g/mol. The van der Waals surface area contributed by atoms with Gasteiger partial charge in [0.25, 0.3) is 0 Å². The molecule has 1 saturated carbocycles. The maximum atomic E-state index is 2.68. The van der Waals surface area contributed by atoms with Crippen LogP contribution in [0.4, 0.5) is 0 Å². The molecule has 0 bridgehead atoms. The van der Waals surface area contributed by atoms with Gasteiger partial charge in [-0.2, -0.15) is 0 Å². The van der Waals surface area contributed by atoms with Gasteiger partial charge in [0.1, 0.15) is 0 Å². The van der Waals surface area contributed by atoms with Crippen LogP contribution in [0, 0.1) is 10.8 Å². The molecule has 0 amide bonds. The molecule has 21 heavy (non-hydrogen) atoms. The lowest BCUT2D eigenvalue weighted by Gasteiger charge is -2.48. The van der Waals surface area contributed by atoms with E-state index in [1.54, 1.807) is 0 Å². The zero-order chi connectivity index (χ0) is 15.1. The van der Waals surface area contributed by atoms with Gasteiger partial charge < -0.3 is 9.62 Å². The molecule has 118 valence electrons. The molecule has 4 unspecified atom stereocenters. The van der Waals surface area contributed by atoms with E-state index in [9.17, 15) is 0 Å². The van der Waals surface area contributed by atoms with Crippen molar-refractivity contribution in [3.63, 3.8) is 0 Å². The van der Waals surface area contributed by atoms with Crippen LogP contribution in [-0.2, 0) is 0 Å². The molecular formula is C17H34B2N2. The molecule has 0 N–H and O–H groups in total. The van der Waals surface area contributed by atoms with E-state index in [0.29, 0.717) is 10.8 Å². The third-order valence-corrected chi connectivity index (χ3v) is 7.22. The molecule has 1 aliphatic carbocycles. The first-order valence-electron chi connectivity index (χ1n) is 9.35. The third-order valence-electron chi connectivity index (χ3n) is 7.22. The number of nitrogens with zero attached hydrogens (tertiary/aromatic N) is 2. The molecule has 0 aromatic carbocycles. The van der Waals surface area contributed by atoms with Gasteiger partial charge in [-0.05, 0) is 68.9 Å². The Bertz CT molecular complexity index is 344. The van der Waals surface area contributed by atoms with E-state index in [2.05, 4.69) is 39.4 Å². The average molecular weight is 288 g/mol. The minimum Gasteiger partial charge on any atom is -0.346 e. The maximum absolute atomic E-state index is 2.68. The minimum absolute atomic E-state index is 0.558. The summed E-state index contributed by atoms with van der Waals surface area (Å²) >= 11 is 0. The van der Waals surface area contributed by atoms with E-state index in [1.807, 2.05) is 0 Å². The molecular weight excluding hydrogens is 254 g/mol. The van der Waals surface area contributed by atoms with Crippen LogP contribution in [0.15, 0.2) is 0 Å². The van der Waals surface area contributed by atoms with Crippen LogP contribution < -0.4 is 0 Å². The van der Waals surface area contributed by atoms with Gasteiger partial charge in [0, 0.05) is 12.1 Å². The van der Waals surface area contributed by atoms with Gasteiger partial charge in [-0.15, -0.1) is 0 Å². The fourth-order valence-electron chi connectivity index (χ4n) is 6.15. The second-order valence-corrected chi connectivity index (χ2v) is 8.97. The summed E-state index contributed by atoms with van der Waals surface area (Å²) in [5.41, 5.74) is 1.12. The molecule has 4 heteroatoms. The van der Waals surface area contributed by atoms with Gasteiger partial charge >= 0.3 is 0 Å². The first-order chi connectivity index (χ1) is 9.95. The molecule has 3 aliphatic rings. The van der Waals surface area contributed by atoms with Crippen molar-refractivity contribution in [2.45, 2.75) is 83.7 Å². The molecule has 0 spiro atoms. The summed E-state index contributed by atoms with van der Waals surface area (Å²) in [5, 5.41) is 0. The molecule has 2 nitrogen and oxygen atoms in total. The summed E-state index contributed by atoms with van der Waals surface area (Å²) in [6.07, 6.45) is 12.9. The van der Waals surface area contributed by atoms with Crippen LogP contribution in [0.25, 0.3) is 0 Å². The Balaban J connectivity index is 1.73. The number of rotatable bonds is 2. The topological polar surface area (TPSA) is 6.48 Å².